The van der Waals surface area contributed by atoms with Crippen molar-refractivity contribution in [2.75, 3.05) is 13.2 Å². The van der Waals surface area contributed by atoms with Crippen LogP contribution in [0.4, 0.5) is 4.79 Å². The van der Waals surface area contributed by atoms with Crippen LogP contribution in [0.15, 0.2) is 0 Å². The molecule has 0 aromatic rings. The van der Waals surface area contributed by atoms with Gasteiger partial charge in [-0.25, -0.2) is 4.79 Å². The summed E-state index contributed by atoms with van der Waals surface area (Å²) in [5.41, 5.74) is 0.00574. The molecular formula is C8H15NO3. The molecule has 70 valence electrons. The Morgan fingerprint density at radius 3 is 2.58 bits per heavy atom. The Morgan fingerprint density at radius 1 is 1.67 bits per heavy atom. The third-order valence-corrected chi connectivity index (χ3v) is 2.28. The monoisotopic (exact) mass is 173 g/mol. The normalized spacial score (nSPS) is 27.6. The Bertz CT molecular complexity index is 191. The van der Waals surface area contributed by atoms with Crippen LogP contribution in [0.2, 0.25) is 0 Å². The van der Waals surface area contributed by atoms with Gasteiger partial charge in [-0.15, -0.1) is 0 Å². The first-order chi connectivity index (χ1) is 5.46. The van der Waals surface area contributed by atoms with Gasteiger partial charge < -0.3 is 15.1 Å². The molecule has 1 aliphatic rings. The second kappa shape index (κ2) is 2.94. The fourth-order valence-corrected chi connectivity index (χ4v) is 1.79. The Morgan fingerprint density at radius 2 is 2.25 bits per heavy atom. The van der Waals surface area contributed by atoms with E-state index in [-0.39, 0.29) is 18.1 Å². The molecule has 1 heterocycles. The zero-order valence-electron chi connectivity index (χ0n) is 7.45. The number of rotatable bonds is 1. The SMILES string of the molecule is CC1(C)C[C@@H](CO)N(C(=O)O)C1. The van der Waals surface area contributed by atoms with E-state index in [1.165, 1.54) is 4.90 Å². The van der Waals surface area contributed by atoms with E-state index < -0.39 is 6.09 Å². The van der Waals surface area contributed by atoms with Gasteiger partial charge in [0, 0.05) is 6.54 Å². The van der Waals surface area contributed by atoms with Crippen molar-refractivity contribution in [3.05, 3.63) is 0 Å². The van der Waals surface area contributed by atoms with Gasteiger partial charge in [-0.2, -0.15) is 0 Å². The van der Waals surface area contributed by atoms with Crippen molar-refractivity contribution in [2.24, 2.45) is 5.41 Å². The van der Waals surface area contributed by atoms with E-state index in [1.807, 2.05) is 13.8 Å². The molecule has 1 rings (SSSR count). The Labute approximate surface area is 71.8 Å². The predicted molar refractivity (Wildman–Crippen MR) is 44.0 cm³/mol. The van der Waals surface area contributed by atoms with Crippen molar-refractivity contribution < 1.29 is 15.0 Å². The first-order valence-electron chi connectivity index (χ1n) is 4.07. The third-order valence-electron chi connectivity index (χ3n) is 2.28. The smallest absolute Gasteiger partial charge is 0.407 e. The number of aliphatic hydroxyl groups excluding tert-OH is 1. The topological polar surface area (TPSA) is 60.8 Å². The van der Waals surface area contributed by atoms with Gasteiger partial charge in [0.05, 0.1) is 12.6 Å². The van der Waals surface area contributed by atoms with Crippen LogP contribution in [-0.2, 0) is 0 Å². The minimum absolute atomic E-state index is 0.00574. The number of nitrogens with zero attached hydrogens (tertiary/aromatic N) is 1. The zero-order valence-corrected chi connectivity index (χ0v) is 7.45. The summed E-state index contributed by atoms with van der Waals surface area (Å²) >= 11 is 0. The van der Waals surface area contributed by atoms with Gasteiger partial charge >= 0.3 is 6.09 Å². The molecule has 0 saturated carbocycles. The summed E-state index contributed by atoms with van der Waals surface area (Å²) in [4.78, 5) is 12.0. The van der Waals surface area contributed by atoms with E-state index in [2.05, 4.69) is 0 Å². The molecule has 2 N–H and O–H groups in total. The van der Waals surface area contributed by atoms with Crippen LogP contribution in [0.5, 0.6) is 0 Å². The van der Waals surface area contributed by atoms with Gasteiger partial charge in [-0.1, -0.05) is 13.8 Å². The van der Waals surface area contributed by atoms with E-state index in [9.17, 15) is 4.79 Å². The molecule has 4 heteroatoms. The Balaban J connectivity index is 2.69. The largest absolute Gasteiger partial charge is 0.465 e. The average molecular weight is 173 g/mol. The number of amides is 1. The maximum atomic E-state index is 10.7. The van der Waals surface area contributed by atoms with Gasteiger partial charge in [0.15, 0.2) is 0 Å². The number of hydrogen-bond acceptors (Lipinski definition) is 2. The van der Waals surface area contributed by atoms with Crippen LogP contribution in [0.3, 0.4) is 0 Å². The maximum Gasteiger partial charge on any atom is 0.407 e. The van der Waals surface area contributed by atoms with E-state index in [0.29, 0.717) is 6.54 Å². The highest BCUT2D eigenvalue weighted by molar-refractivity contribution is 5.66. The third kappa shape index (κ3) is 1.69. The van der Waals surface area contributed by atoms with Crippen molar-refractivity contribution >= 4 is 6.09 Å². The molecule has 0 bridgehead atoms. The summed E-state index contributed by atoms with van der Waals surface area (Å²) in [5.74, 6) is 0. The van der Waals surface area contributed by atoms with E-state index in [4.69, 9.17) is 10.2 Å². The highest BCUT2D eigenvalue weighted by atomic mass is 16.4. The molecule has 0 aromatic heterocycles. The van der Waals surface area contributed by atoms with Crippen LogP contribution >= 0.6 is 0 Å². The fraction of sp³-hybridized carbons (Fsp3) is 0.875. The molecule has 1 amide bonds. The van der Waals surface area contributed by atoms with Crippen LogP contribution in [0.25, 0.3) is 0 Å². The number of likely N-dealkylation sites (tertiary alicyclic amines) is 1. The number of hydrogen-bond donors (Lipinski definition) is 2. The Kier molecular flexibility index (Phi) is 2.28. The summed E-state index contributed by atoms with van der Waals surface area (Å²) < 4.78 is 0. The van der Waals surface area contributed by atoms with Crippen LogP contribution in [0.1, 0.15) is 20.3 Å². The van der Waals surface area contributed by atoms with Gasteiger partial charge in [-0.05, 0) is 11.8 Å². The molecule has 0 radical (unpaired) electrons. The molecule has 0 aliphatic carbocycles. The van der Waals surface area contributed by atoms with E-state index >= 15 is 0 Å². The molecule has 0 aromatic carbocycles. The van der Waals surface area contributed by atoms with E-state index in [0.717, 1.165) is 6.42 Å². The standard InChI is InChI=1S/C8H15NO3/c1-8(2)3-6(4-10)9(5-8)7(11)12/h6,10H,3-5H2,1-2H3,(H,11,12)/t6-/m0/s1. The molecule has 1 aliphatic heterocycles. The lowest BCUT2D eigenvalue weighted by atomic mass is 9.91. The summed E-state index contributed by atoms with van der Waals surface area (Å²) in [6.07, 6.45) is -0.185. The summed E-state index contributed by atoms with van der Waals surface area (Å²) in [6, 6.07) is -0.211. The summed E-state index contributed by atoms with van der Waals surface area (Å²) in [7, 11) is 0. The number of aliphatic hydroxyl groups is 1. The van der Waals surface area contributed by atoms with Gasteiger partial charge in [0.2, 0.25) is 0 Å². The average Bonchev–Trinajstić information content (AvgIpc) is 2.25. The van der Waals surface area contributed by atoms with Crippen LogP contribution in [0, 0.1) is 5.41 Å². The second-order valence-electron chi connectivity index (χ2n) is 4.12. The highest BCUT2D eigenvalue weighted by Gasteiger charge is 2.39. The maximum absolute atomic E-state index is 10.7. The number of carbonyl (C=O) groups is 1. The van der Waals surface area contributed by atoms with Crippen molar-refractivity contribution in [1.29, 1.82) is 0 Å². The molecule has 0 spiro atoms. The fourth-order valence-electron chi connectivity index (χ4n) is 1.79. The minimum atomic E-state index is -0.931. The minimum Gasteiger partial charge on any atom is -0.465 e. The van der Waals surface area contributed by atoms with Crippen molar-refractivity contribution in [1.82, 2.24) is 4.90 Å². The van der Waals surface area contributed by atoms with Crippen molar-refractivity contribution in [2.45, 2.75) is 26.3 Å². The molecule has 1 atom stereocenters. The molecular weight excluding hydrogens is 158 g/mol. The van der Waals surface area contributed by atoms with Gasteiger partial charge in [0.25, 0.3) is 0 Å². The first-order valence-corrected chi connectivity index (χ1v) is 4.07. The van der Waals surface area contributed by atoms with Crippen LogP contribution < -0.4 is 0 Å². The number of carboxylic acid groups (broad SMARTS) is 1. The summed E-state index contributed by atoms with van der Waals surface area (Å²) in [5, 5.41) is 17.7. The molecule has 4 nitrogen and oxygen atoms in total. The highest BCUT2D eigenvalue weighted by Crippen LogP contribution is 2.33. The molecule has 1 saturated heterocycles. The predicted octanol–water partition coefficient (Wildman–Crippen LogP) is 0.757. The van der Waals surface area contributed by atoms with Crippen molar-refractivity contribution in [3.63, 3.8) is 0 Å². The van der Waals surface area contributed by atoms with Gasteiger partial charge in [-0.3, -0.25) is 0 Å². The Hall–Kier alpha value is -0.770. The summed E-state index contributed by atoms with van der Waals surface area (Å²) in [6.45, 7) is 4.47. The molecule has 1 fully saturated rings. The zero-order chi connectivity index (χ0) is 9.35. The lowest BCUT2D eigenvalue weighted by Crippen LogP contribution is -2.36. The quantitative estimate of drug-likeness (QED) is 0.615. The lowest BCUT2D eigenvalue weighted by Gasteiger charge is -2.19. The van der Waals surface area contributed by atoms with E-state index in [1.54, 1.807) is 0 Å². The van der Waals surface area contributed by atoms with Crippen LogP contribution in [-0.4, -0.2) is 40.4 Å². The second-order valence-corrected chi connectivity index (χ2v) is 4.12. The first kappa shape index (κ1) is 9.32. The van der Waals surface area contributed by atoms with Crippen molar-refractivity contribution in [3.8, 4) is 0 Å². The molecule has 12 heavy (non-hydrogen) atoms. The lowest BCUT2D eigenvalue weighted by molar-refractivity contribution is 0.117. The van der Waals surface area contributed by atoms with Gasteiger partial charge in [0.1, 0.15) is 0 Å². The molecule has 0 unspecified atom stereocenters.